The Kier molecular flexibility index (Phi) is 2.65. The molecule has 1 fully saturated rings. The number of carbonyl (C=O) groups excluding carboxylic acids is 1. The molecule has 4 nitrogen and oxygen atoms in total. The Morgan fingerprint density at radius 3 is 3.00 bits per heavy atom. The molecule has 0 saturated carbocycles. The van der Waals surface area contributed by atoms with Gasteiger partial charge in [0.25, 0.3) is 0 Å². The number of hydrogen-bond donors (Lipinski definition) is 3. The topological polar surface area (TPSA) is 53.2 Å². The van der Waals surface area contributed by atoms with Crippen molar-refractivity contribution in [1.29, 1.82) is 0 Å². The molecule has 0 radical (unpaired) electrons. The van der Waals surface area contributed by atoms with E-state index >= 15 is 0 Å². The van der Waals surface area contributed by atoms with Crippen molar-refractivity contribution in [2.24, 2.45) is 5.92 Å². The summed E-state index contributed by atoms with van der Waals surface area (Å²) in [5, 5.41) is 3.12. The molecule has 1 amide bonds. The fraction of sp³-hybridized carbons (Fsp3) is 0.833. The second kappa shape index (κ2) is 3.53. The molecule has 0 aromatic heterocycles. The molecule has 4 heteroatoms. The van der Waals surface area contributed by atoms with Crippen LogP contribution in [0.25, 0.3) is 0 Å². The normalized spacial score (nSPS) is 24.7. The molecule has 58 valence electrons. The molecule has 3 N–H and O–H groups in total. The van der Waals surface area contributed by atoms with Crippen LogP contribution in [0.2, 0.25) is 0 Å². The van der Waals surface area contributed by atoms with E-state index in [1.165, 1.54) is 0 Å². The van der Waals surface area contributed by atoms with Crippen LogP contribution in [-0.4, -0.2) is 26.0 Å². The highest BCUT2D eigenvalue weighted by Gasteiger charge is 2.21. The van der Waals surface area contributed by atoms with Gasteiger partial charge in [0, 0.05) is 13.6 Å². The van der Waals surface area contributed by atoms with Gasteiger partial charge in [-0.05, 0) is 13.0 Å². The van der Waals surface area contributed by atoms with E-state index in [9.17, 15) is 4.79 Å². The summed E-state index contributed by atoms with van der Waals surface area (Å²) < 4.78 is 0. The van der Waals surface area contributed by atoms with Gasteiger partial charge >= 0.3 is 0 Å². The van der Waals surface area contributed by atoms with E-state index in [0.29, 0.717) is 0 Å². The minimum atomic E-state index is 0.0903. The van der Waals surface area contributed by atoms with E-state index in [0.717, 1.165) is 19.5 Å². The number of nitrogens with one attached hydrogen (secondary N) is 3. The van der Waals surface area contributed by atoms with Gasteiger partial charge in [-0.25, -0.2) is 5.43 Å². The molecule has 1 rings (SSSR count). The maximum absolute atomic E-state index is 11.0. The van der Waals surface area contributed by atoms with Crippen molar-refractivity contribution in [1.82, 2.24) is 16.2 Å². The largest absolute Gasteiger partial charge is 0.316 e. The van der Waals surface area contributed by atoms with Crippen molar-refractivity contribution < 1.29 is 4.79 Å². The predicted molar refractivity (Wildman–Crippen MR) is 38.2 cm³/mol. The first-order chi connectivity index (χ1) is 4.84. The van der Waals surface area contributed by atoms with Crippen LogP contribution in [0.3, 0.4) is 0 Å². The number of hydrazine groups is 1. The van der Waals surface area contributed by atoms with Gasteiger partial charge in [-0.15, -0.1) is 0 Å². The Hall–Kier alpha value is -0.610. The Labute approximate surface area is 60.3 Å². The zero-order valence-electron chi connectivity index (χ0n) is 6.11. The van der Waals surface area contributed by atoms with Crippen LogP contribution in [-0.2, 0) is 4.79 Å². The maximum atomic E-state index is 11.0. The second-order valence-electron chi connectivity index (χ2n) is 2.43. The molecule has 0 aromatic rings. The van der Waals surface area contributed by atoms with Crippen LogP contribution in [0.5, 0.6) is 0 Å². The molecule has 1 unspecified atom stereocenters. The van der Waals surface area contributed by atoms with Crippen molar-refractivity contribution >= 4 is 5.91 Å². The SMILES string of the molecule is CNNC(=O)C1CCNC1. The molecule has 1 heterocycles. The minimum absolute atomic E-state index is 0.0903. The molecule has 0 bridgehead atoms. The van der Waals surface area contributed by atoms with Gasteiger partial charge in [0.1, 0.15) is 0 Å². The predicted octanol–water partition coefficient (Wildman–Crippen LogP) is -1.15. The third kappa shape index (κ3) is 1.68. The lowest BCUT2D eigenvalue weighted by molar-refractivity contribution is -0.125. The second-order valence-corrected chi connectivity index (χ2v) is 2.43. The highest BCUT2D eigenvalue weighted by Crippen LogP contribution is 2.05. The maximum Gasteiger partial charge on any atom is 0.238 e. The monoisotopic (exact) mass is 143 g/mol. The number of hydrogen-bond acceptors (Lipinski definition) is 3. The van der Waals surface area contributed by atoms with Crippen LogP contribution < -0.4 is 16.2 Å². The Balaban J connectivity index is 2.25. The molecule has 1 aliphatic heterocycles. The molecular weight excluding hydrogens is 130 g/mol. The summed E-state index contributed by atoms with van der Waals surface area (Å²) in [5.74, 6) is 0.250. The molecule has 0 aromatic carbocycles. The fourth-order valence-electron chi connectivity index (χ4n) is 1.10. The van der Waals surface area contributed by atoms with E-state index in [1.807, 2.05) is 0 Å². The van der Waals surface area contributed by atoms with Crippen molar-refractivity contribution in [3.05, 3.63) is 0 Å². The van der Waals surface area contributed by atoms with E-state index in [-0.39, 0.29) is 11.8 Å². The lowest BCUT2D eigenvalue weighted by Crippen LogP contribution is -2.39. The lowest BCUT2D eigenvalue weighted by atomic mass is 10.1. The van der Waals surface area contributed by atoms with Crippen molar-refractivity contribution in [3.8, 4) is 0 Å². The highest BCUT2D eigenvalue weighted by atomic mass is 16.2. The van der Waals surface area contributed by atoms with Gasteiger partial charge in [-0.1, -0.05) is 0 Å². The van der Waals surface area contributed by atoms with Crippen LogP contribution in [0, 0.1) is 5.92 Å². The van der Waals surface area contributed by atoms with Crippen LogP contribution in [0.1, 0.15) is 6.42 Å². The zero-order chi connectivity index (χ0) is 7.40. The summed E-state index contributed by atoms with van der Waals surface area (Å²) in [5.41, 5.74) is 5.18. The molecular formula is C6H13N3O. The Morgan fingerprint density at radius 1 is 1.70 bits per heavy atom. The van der Waals surface area contributed by atoms with E-state index in [4.69, 9.17) is 0 Å². The Bertz CT molecular complexity index is 120. The van der Waals surface area contributed by atoms with Crippen LogP contribution in [0.4, 0.5) is 0 Å². The summed E-state index contributed by atoms with van der Waals surface area (Å²) in [4.78, 5) is 11.0. The van der Waals surface area contributed by atoms with Gasteiger partial charge in [0.2, 0.25) is 5.91 Å². The van der Waals surface area contributed by atoms with Gasteiger partial charge < -0.3 is 5.32 Å². The summed E-state index contributed by atoms with van der Waals surface area (Å²) in [6, 6.07) is 0. The average Bonchev–Trinajstić information content (AvgIpc) is 2.38. The van der Waals surface area contributed by atoms with Gasteiger partial charge in [-0.3, -0.25) is 10.2 Å². The summed E-state index contributed by atoms with van der Waals surface area (Å²) in [6.45, 7) is 1.77. The van der Waals surface area contributed by atoms with Gasteiger partial charge in [-0.2, -0.15) is 0 Å². The summed E-state index contributed by atoms with van der Waals surface area (Å²) >= 11 is 0. The molecule has 10 heavy (non-hydrogen) atoms. The Morgan fingerprint density at radius 2 is 2.50 bits per heavy atom. The summed E-state index contributed by atoms with van der Waals surface area (Å²) in [7, 11) is 1.69. The van der Waals surface area contributed by atoms with Gasteiger partial charge in [0.05, 0.1) is 5.92 Å². The quantitative estimate of drug-likeness (QED) is 0.428. The van der Waals surface area contributed by atoms with Crippen molar-refractivity contribution in [2.75, 3.05) is 20.1 Å². The van der Waals surface area contributed by atoms with Crippen LogP contribution >= 0.6 is 0 Å². The van der Waals surface area contributed by atoms with Gasteiger partial charge in [0.15, 0.2) is 0 Å². The molecule has 1 atom stereocenters. The smallest absolute Gasteiger partial charge is 0.238 e. The first kappa shape index (κ1) is 7.50. The molecule has 0 aliphatic carbocycles. The number of carbonyl (C=O) groups is 1. The van der Waals surface area contributed by atoms with Crippen molar-refractivity contribution in [2.45, 2.75) is 6.42 Å². The lowest BCUT2D eigenvalue weighted by Gasteiger charge is -2.07. The number of rotatable bonds is 2. The third-order valence-electron chi connectivity index (χ3n) is 1.68. The average molecular weight is 143 g/mol. The highest BCUT2D eigenvalue weighted by molar-refractivity contribution is 5.78. The number of amides is 1. The van der Waals surface area contributed by atoms with Crippen molar-refractivity contribution in [3.63, 3.8) is 0 Å². The first-order valence-electron chi connectivity index (χ1n) is 3.52. The molecule has 1 aliphatic rings. The fourth-order valence-corrected chi connectivity index (χ4v) is 1.10. The van der Waals surface area contributed by atoms with E-state index in [1.54, 1.807) is 7.05 Å². The summed E-state index contributed by atoms with van der Waals surface area (Å²) in [6.07, 6.45) is 0.952. The zero-order valence-corrected chi connectivity index (χ0v) is 6.11. The molecule has 1 saturated heterocycles. The van der Waals surface area contributed by atoms with Crippen LogP contribution in [0.15, 0.2) is 0 Å². The van der Waals surface area contributed by atoms with E-state index < -0.39 is 0 Å². The first-order valence-corrected chi connectivity index (χ1v) is 3.52. The molecule has 0 spiro atoms. The van der Waals surface area contributed by atoms with E-state index in [2.05, 4.69) is 16.2 Å². The third-order valence-corrected chi connectivity index (χ3v) is 1.68. The standard InChI is InChI=1S/C6H13N3O/c1-7-9-6(10)5-2-3-8-4-5/h5,7-8H,2-4H2,1H3,(H,9,10). The minimum Gasteiger partial charge on any atom is -0.316 e.